The van der Waals surface area contributed by atoms with Crippen LogP contribution in [0.5, 0.6) is 0 Å². The molecule has 5 heteroatoms. The molecule has 114 valence electrons. The van der Waals surface area contributed by atoms with E-state index in [0.29, 0.717) is 12.1 Å². The van der Waals surface area contributed by atoms with Gasteiger partial charge in [0.15, 0.2) is 0 Å². The molecule has 0 aliphatic heterocycles. The van der Waals surface area contributed by atoms with Crippen LogP contribution < -0.4 is 0 Å². The summed E-state index contributed by atoms with van der Waals surface area (Å²) in [6.45, 7) is 3.31. The monoisotopic (exact) mass is 290 g/mol. The summed E-state index contributed by atoms with van der Waals surface area (Å²) in [6, 6.07) is 5.32. The molecule has 1 aromatic rings. The third-order valence-corrected chi connectivity index (χ3v) is 3.16. The minimum absolute atomic E-state index is 0.0678. The lowest BCUT2D eigenvalue weighted by molar-refractivity contribution is -0.131. The van der Waals surface area contributed by atoms with Crippen molar-refractivity contribution in [3.05, 3.63) is 41.0 Å². The van der Waals surface area contributed by atoms with Gasteiger partial charge in [-0.3, -0.25) is 4.79 Å². The number of likely N-dealkylation sites (N-methyl/N-ethyl adjacent to an activating group) is 2. The summed E-state index contributed by atoms with van der Waals surface area (Å²) < 4.78 is 0. The van der Waals surface area contributed by atoms with Crippen LogP contribution in [0.25, 0.3) is 6.08 Å². The number of rotatable bonds is 6. The van der Waals surface area contributed by atoms with Gasteiger partial charge in [-0.1, -0.05) is 6.07 Å². The highest BCUT2D eigenvalue weighted by atomic mass is 16.4. The maximum absolute atomic E-state index is 12.3. The largest absolute Gasteiger partial charge is 0.478 e. The van der Waals surface area contributed by atoms with Gasteiger partial charge in [0.25, 0.3) is 5.91 Å². The molecule has 21 heavy (non-hydrogen) atoms. The van der Waals surface area contributed by atoms with E-state index in [0.717, 1.165) is 23.7 Å². The second-order valence-electron chi connectivity index (χ2n) is 5.27. The molecule has 1 rings (SSSR count). The number of nitrogens with zero attached hydrogens (tertiary/aromatic N) is 2. The Bertz CT molecular complexity index is 550. The van der Waals surface area contributed by atoms with E-state index in [4.69, 9.17) is 5.11 Å². The predicted molar refractivity (Wildman–Crippen MR) is 83.4 cm³/mol. The van der Waals surface area contributed by atoms with Gasteiger partial charge in [0.1, 0.15) is 0 Å². The minimum Gasteiger partial charge on any atom is -0.478 e. The number of carboxylic acid groups (broad SMARTS) is 1. The van der Waals surface area contributed by atoms with Crippen LogP contribution in [0, 0.1) is 6.92 Å². The first-order chi connectivity index (χ1) is 9.81. The molecule has 1 N–H and O–H groups in total. The SMILES string of the molecule is Cc1ccc(C(=O)N(C)CCN(C)C)cc1/C=C/C(=O)O. The van der Waals surface area contributed by atoms with Gasteiger partial charge in [-0.2, -0.15) is 0 Å². The average molecular weight is 290 g/mol. The van der Waals surface area contributed by atoms with Crippen molar-refractivity contribution in [1.29, 1.82) is 0 Å². The number of hydrogen-bond donors (Lipinski definition) is 1. The normalized spacial score (nSPS) is 11.1. The van der Waals surface area contributed by atoms with E-state index in [9.17, 15) is 9.59 Å². The summed E-state index contributed by atoms with van der Waals surface area (Å²) in [7, 11) is 5.68. The van der Waals surface area contributed by atoms with Crippen LogP contribution in [-0.4, -0.2) is 61.0 Å². The van der Waals surface area contributed by atoms with Gasteiger partial charge in [0.05, 0.1) is 0 Å². The molecule has 0 bridgehead atoms. The molecule has 0 heterocycles. The Labute approximate surface area is 125 Å². The van der Waals surface area contributed by atoms with E-state index in [1.807, 2.05) is 32.0 Å². The third kappa shape index (κ3) is 5.39. The fourth-order valence-electron chi connectivity index (χ4n) is 1.79. The molecule has 0 saturated carbocycles. The number of aryl methyl sites for hydroxylation is 1. The molecule has 0 saturated heterocycles. The molecule has 5 nitrogen and oxygen atoms in total. The maximum atomic E-state index is 12.3. The first-order valence-corrected chi connectivity index (χ1v) is 6.73. The van der Waals surface area contributed by atoms with Crippen molar-refractivity contribution in [2.75, 3.05) is 34.2 Å². The van der Waals surface area contributed by atoms with Crippen molar-refractivity contribution in [3.8, 4) is 0 Å². The Morgan fingerprint density at radius 2 is 1.86 bits per heavy atom. The molecular formula is C16H22N2O3. The lowest BCUT2D eigenvalue weighted by atomic mass is 10.0. The summed E-state index contributed by atoms with van der Waals surface area (Å²) >= 11 is 0. The van der Waals surface area contributed by atoms with Crippen molar-refractivity contribution in [2.24, 2.45) is 0 Å². The molecule has 1 aromatic carbocycles. The highest BCUT2D eigenvalue weighted by Gasteiger charge is 2.12. The summed E-state index contributed by atoms with van der Waals surface area (Å²) in [5.74, 6) is -1.07. The lowest BCUT2D eigenvalue weighted by Gasteiger charge is -2.20. The number of amides is 1. The van der Waals surface area contributed by atoms with Gasteiger partial charge in [-0.15, -0.1) is 0 Å². The summed E-state index contributed by atoms with van der Waals surface area (Å²) in [5.41, 5.74) is 2.23. The molecule has 0 aromatic heterocycles. The Balaban J connectivity index is 2.90. The standard InChI is InChI=1S/C16H22N2O3/c1-12-5-6-14(11-13(12)7-8-15(19)20)16(21)18(4)10-9-17(2)3/h5-8,11H,9-10H2,1-4H3,(H,19,20)/b8-7+. The van der Waals surface area contributed by atoms with Gasteiger partial charge in [-0.05, 0) is 50.4 Å². The zero-order valence-corrected chi connectivity index (χ0v) is 13.0. The highest BCUT2D eigenvalue weighted by molar-refractivity contribution is 5.95. The highest BCUT2D eigenvalue weighted by Crippen LogP contribution is 2.14. The Kier molecular flexibility index (Phi) is 6.11. The fraction of sp³-hybridized carbons (Fsp3) is 0.375. The zero-order chi connectivity index (χ0) is 16.0. The number of carboxylic acids is 1. The van der Waals surface area contributed by atoms with Gasteiger partial charge in [0.2, 0.25) is 0 Å². The molecule has 0 unspecified atom stereocenters. The summed E-state index contributed by atoms with van der Waals surface area (Å²) in [4.78, 5) is 26.6. The third-order valence-electron chi connectivity index (χ3n) is 3.16. The van der Waals surface area contributed by atoms with Crippen LogP contribution in [0.1, 0.15) is 21.5 Å². The van der Waals surface area contributed by atoms with E-state index >= 15 is 0 Å². The van der Waals surface area contributed by atoms with E-state index in [-0.39, 0.29) is 5.91 Å². The smallest absolute Gasteiger partial charge is 0.328 e. The minimum atomic E-state index is -1.01. The number of hydrogen-bond acceptors (Lipinski definition) is 3. The van der Waals surface area contributed by atoms with E-state index in [2.05, 4.69) is 0 Å². The van der Waals surface area contributed by atoms with Crippen molar-refractivity contribution < 1.29 is 14.7 Å². The summed E-state index contributed by atoms with van der Waals surface area (Å²) in [6.07, 6.45) is 2.58. The maximum Gasteiger partial charge on any atom is 0.328 e. The number of carbonyl (C=O) groups excluding carboxylic acids is 1. The van der Waals surface area contributed by atoms with Crippen LogP contribution in [0.2, 0.25) is 0 Å². The molecular weight excluding hydrogens is 268 g/mol. The summed E-state index contributed by atoms with van der Waals surface area (Å²) in [5, 5.41) is 8.69. The quantitative estimate of drug-likeness (QED) is 0.811. The molecule has 0 fully saturated rings. The topological polar surface area (TPSA) is 60.9 Å². The van der Waals surface area contributed by atoms with Gasteiger partial charge < -0.3 is 14.9 Å². The van der Waals surface area contributed by atoms with Crippen LogP contribution in [0.15, 0.2) is 24.3 Å². The van der Waals surface area contributed by atoms with Crippen LogP contribution in [0.4, 0.5) is 0 Å². The van der Waals surface area contributed by atoms with Crippen molar-refractivity contribution in [1.82, 2.24) is 9.80 Å². The van der Waals surface area contributed by atoms with Crippen molar-refractivity contribution >= 4 is 18.0 Å². The van der Waals surface area contributed by atoms with Crippen molar-refractivity contribution in [2.45, 2.75) is 6.92 Å². The Morgan fingerprint density at radius 1 is 1.19 bits per heavy atom. The fourth-order valence-corrected chi connectivity index (χ4v) is 1.79. The van der Waals surface area contributed by atoms with Gasteiger partial charge >= 0.3 is 5.97 Å². The van der Waals surface area contributed by atoms with Gasteiger partial charge in [0, 0.05) is 31.8 Å². The number of carbonyl (C=O) groups is 2. The second kappa shape index (κ2) is 7.59. The van der Waals surface area contributed by atoms with E-state index in [1.54, 1.807) is 24.1 Å². The van der Waals surface area contributed by atoms with E-state index < -0.39 is 5.97 Å². The van der Waals surface area contributed by atoms with Gasteiger partial charge in [-0.25, -0.2) is 4.79 Å². The zero-order valence-electron chi connectivity index (χ0n) is 13.0. The molecule has 0 atom stereocenters. The predicted octanol–water partition coefficient (Wildman–Crippen LogP) is 1.73. The average Bonchev–Trinajstić information content (AvgIpc) is 2.42. The first-order valence-electron chi connectivity index (χ1n) is 6.73. The first kappa shape index (κ1) is 16.9. The van der Waals surface area contributed by atoms with Crippen LogP contribution in [-0.2, 0) is 4.79 Å². The molecule has 0 radical (unpaired) electrons. The lowest BCUT2D eigenvalue weighted by Crippen LogP contribution is -2.33. The van der Waals surface area contributed by atoms with Crippen molar-refractivity contribution in [3.63, 3.8) is 0 Å². The van der Waals surface area contributed by atoms with Crippen LogP contribution in [0.3, 0.4) is 0 Å². The number of aliphatic carboxylic acids is 1. The van der Waals surface area contributed by atoms with E-state index in [1.165, 1.54) is 6.08 Å². The van der Waals surface area contributed by atoms with Crippen LogP contribution >= 0.6 is 0 Å². The Hall–Kier alpha value is -2.14. The number of benzene rings is 1. The molecule has 1 amide bonds. The molecule has 0 spiro atoms. The molecule has 0 aliphatic carbocycles. The Morgan fingerprint density at radius 3 is 2.43 bits per heavy atom. The second-order valence-corrected chi connectivity index (χ2v) is 5.27. The molecule has 0 aliphatic rings.